The van der Waals surface area contributed by atoms with E-state index < -0.39 is 5.82 Å². The van der Waals surface area contributed by atoms with Gasteiger partial charge in [-0.15, -0.1) is 0 Å². The molecule has 2 aromatic rings. The number of hydrogen-bond donors (Lipinski definition) is 1. The van der Waals surface area contributed by atoms with Crippen LogP contribution < -0.4 is 4.74 Å². The lowest BCUT2D eigenvalue weighted by atomic mass is 10.2. The zero-order chi connectivity index (χ0) is 14.3. The van der Waals surface area contributed by atoms with Gasteiger partial charge in [-0.2, -0.15) is 0 Å². The second-order valence-corrected chi connectivity index (χ2v) is 5.92. The molecule has 1 N–H and O–H groups in total. The van der Waals surface area contributed by atoms with Crippen LogP contribution in [-0.2, 0) is 0 Å². The first-order valence-electron chi connectivity index (χ1n) is 6.23. The molecule has 0 amide bonds. The smallest absolute Gasteiger partial charge is 0.165 e. The van der Waals surface area contributed by atoms with Crippen LogP contribution in [0, 0.1) is 10.5 Å². The van der Waals surface area contributed by atoms with Crippen molar-refractivity contribution in [3.8, 4) is 17.1 Å². The first-order chi connectivity index (χ1) is 9.60. The van der Waals surface area contributed by atoms with Crippen molar-refractivity contribution < 1.29 is 9.13 Å². The lowest BCUT2D eigenvalue weighted by Gasteiger charge is -2.09. The van der Waals surface area contributed by atoms with Crippen LogP contribution in [0.25, 0.3) is 11.4 Å². The van der Waals surface area contributed by atoms with E-state index in [-0.39, 0.29) is 5.75 Å². The van der Waals surface area contributed by atoms with Crippen LogP contribution in [0.5, 0.6) is 5.75 Å². The summed E-state index contributed by atoms with van der Waals surface area (Å²) in [5, 5.41) is 0. The van der Waals surface area contributed by atoms with Crippen LogP contribution in [0.1, 0.15) is 24.5 Å². The fourth-order valence-corrected chi connectivity index (χ4v) is 2.79. The Kier molecular flexibility index (Phi) is 3.60. The average Bonchev–Trinajstić information content (AvgIpc) is 3.27. The van der Waals surface area contributed by atoms with Gasteiger partial charge in [0.05, 0.1) is 11.6 Å². The summed E-state index contributed by atoms with van der Waals surface area (Å²) in [5.74, 6) is 0.947. The molecule has 1 aromatic heterocycles. The summed E-state index contributed by atoms with van der Waals surface area (Å²) in [5.41, 5.74) is 1.83. The summed E-state index contributed by atoms with van der Waals surface area (Å²) in [7, 11) is 1.44. The molecule has 0 radical (unpaired) electrons. The molecule has 1 aromatic carbocycles. The highest BCUT2D eigenvalue weighted by molar-refractivity contribution is 9.10. The molecule has 3 rings (SSSR count). The van der Waals surface area contributed by atoms with Gasteiger partial charge < -0.3 is 9.72 Å². The lowest BCUT2D eigenvalue weighted by Crippen LogP contribution is -1.98. The summed E-state index contributed by atoms with van der Waals surface area (Å²) in [6.45, 7) is 0. The fraction of sp³-hybridized carbons (Fsp3) is 0.286. The number of aromatic nitrogens is 2. The molecule has 0 atom stereocenters. The van der Waals surface area contributed by atoms with E-state index in [4.69, 9.17) is 17.0 Å². The van der Waals surface area contributed by atoms with Crippen molar-refractivity contribution in [3.63, 3.8) is 0 Å². The molecule has 3 nitrogen and oxygen atoms in total. The Hall–Kier alpha value is -1.27. The number of nitrogens with one attached hydrogen (secondary N) is 1. The van der Waals surface area contributed by atoms with Gasteiger partial charge in [-0.25, -0.2) is 9.37 Å². The molecular formula is C14H12BrFN2OS. The van der Waals surface area contributed by atoms with Crippen LogP contribution in [0.2, 0.25) is 0 Å². The Morgan fingerprint density at radius 1 is 1.45 bits per heavy atom. The molecule has 1 heterocycles. The van der Waals surface area contributed by atoms with Crippen LogP contribution in [-0.4, -0.2) is 17.1 Å². The van der Waals surface area contributed by atoms with E-state index >= 15 is 0 Å². The highest BCUT2D eigenvalue weighted by atomic mass is 79.9. The molecular weight excluding hydrogens is 343 g/mol. The molecule has 1 aliphatic carbocycles. The normalized spacial score (nSPS) is 14.3. The van der Waals surface area contributed by atoms with E-state index in [0.717, 1.165) is 28.6 Å². The molecule has 0 spiro atoms. The molecule has 1 aliphatic rings. The SMILES string of the molecule is COc1cc(-c2nc(=S)c(Br)c(C3CC3)[nH]2)ccc1F. The van der Waals surface area contributed by atoms with Gasteiger partial charge in [0, 0.05) is 17.2 Å². The van der Waals surface area contributed by atoms with Crippen LogP contribution in [0.3, 0.4) is 0 Å². The molecule has 0 saturated heterocycles. The summed E-state index contributed by atoms with van der Waals surface area (Å²) >= 11 is 8.76. The van der Waals surface area contributed by atoms with Crippen molar-refractivity contribution >= 4 is 28.1 Å². The first-order valence-corrected chi connectivity index (χ1v) is 7.44. The van der Waals surface area contributed by atoms with Crippen molar-refractivity contribution in [1.82, 2.24) is 9.97 Å². The lowest BCUT2D eigenvalue weighted by molar-refractivity contribution is 0.386. The standard InChI is InChI=1S/C14H12BrFN2OS/c1-19-10-6-8(4-5-9(10)16)13-17-12(7-2-3-7)11(15)14(20)18-13/h4-7H,2-3H2,1H3,(H,17,18,20). The fourth-order valence-electron chi connectivity index (χ4n) is 2.07. The second-order valence-electron chi connectivity index (χ2n) is 4.74. The van der Waals surface area contributed by atoms with Gasteiger partial charge in [0.1, 0.15) is 10.5 Å². The van der Waals surface area contributed by atoms with Gasteiger partial charge in [0.15, 0.2) is 11.6 Å². The number of methoxy groups -OCH3 is 1. The monoisotopic (exact) mass is 354 g/mol. The number of aromatic amines is 1. The van der Waals surface area contributed by atoms with E-state index in [1.807, 2.05) is 0 Å². The Morgan fingerprint density at radius 2 is 2.20 bits per heavy atom. The highest BCUT2D eigenvalue weighted by Crippen LogP contribution is 2.42. The summed E-state index contributed by atoms with van der Waals surface area (Å²) in [6, 6.07) is 4.65. The molecule has 6 heteroatoms. The van der Waals surface area contributed by atoms with Gasteiger partial charge >= 0.3 is 0 Å². The number of rotatable bonds is 3. The molecule has 0 unspecified atom stereocenters. The summed E-state index contributed by atoms with van der Waals surface area (Å²) < 4.78 is 19.8. The number of hydrogen-bond acceptors (Lipinski definition) is 3. The number of H-pyrrole nitrogens is 1. The number of benzene rings is 1. The maximum Gasteiger partial charge on any atom is 0.165 e. The summed E-state index contributed by atoms with van der Waals surface area (Å²) in [6.07, 6.45) is 2.31. The van der Waals surface area contributed by atoms with E-state index in [2.05, 4.69) is 25.9 Å². The van der Waals surface area contributed by atoms with Crippen molar-refractivity contribution in [2.24, 2.45) is 0 Å². The van der Waals surface area contributed by atoms with Crippen molar-refractivity contribution in [2.45, 2.75) is 18.8 Å². The topological polar surface area (TPSA) is 37.9 Å². The van der Waals surface area contributed by atoms with Gasteiger partial charge in [-0.1, -0.05) is 12.2 Å². The predicted octanol–water partition coefficient (Wildman–Crippen LogP) is 4.59. The highest BCUT2D eigenvalue weighted by Gasteiger charge is 2.27. The zero-order valence-electron chi connectivity index (χ0n) is 10.7. The van der Waals surface area contributed by atoms with Crippen molar-refractivity contribution in [2.75, 3.05) is 7.11 Å². The van der Waals surface area contributed by atoms with Crippen molar-refractivity contribution in [1.29, 1.82) is 0 Å². The maximum absolute atomic E-state index is 13.5. The van der Waals surface area contributed by atoms with E-state index in [9.17, 15) is 4.39 Å². The van der Waals surface area contributed by atoms with Crippen LogP contribution in [0.4, 0.5) is 4.39 Å². The second kappa shape index (κ2) is 5.26. The third-order valence-electron chi connectivity index (χ3n) is 3.30. The Morgan fingerprint density at radius 3 is 2.85 bits per heavy atom. The van der Waals surface area contributed by atoms with Gasteiger partial charge in [0.25, 0.3) is 0 Å². The zero-order valence-corrected chi connectivity index (χ0v) is 13.1. The molecule has 0 aliphatic heterocycles. The minimum absolute atomic E-state index is 0.194. The minimum Gasteiger partial charge on any atom is -0.494 e. The number of nitrogens with zero attached hydrogens (tertiary/aromatic N) is 1. The van der Waals surface area contributed by atoms with E-state index in [1.165, 1.54) is 13.2 Å². The van der Waals surface area contributed by atoms with Gasteiger partial charge in [0.2, 0.25) is 0 Å². The summed E-state index contributed by atoms with van der Waals surface area (Å²) in [4.78, 5) is 7.65. The Balaban J connectivity index is 2.12. The van der Waals surface area contributed by atoms with Gasteiger partial charge in [-0.05, 0) is 47.0 Å². The largest absolute Gasteiger partial charge is 0.494 e. The third-order valence-corrected chi connectivity index (χ3v) is 4.66. The van der Waals surface area contributed by atoms with Crippen LogP contribution >= 0.6 is 28.1 Å². The Bertz CT molecular complexity index is 728. The number of ether oxygens (including phenoxy) is 1. The van der Waals surface area contributed by atoms with E-state index in [1.54, 1.807) is 12.1 Å². The average molecular weight is 355 g/mol. The quantitative estimate of drug-likeness (QED) is 0.818. The molecule has 20 heavy (non-hydrogen) atoms. The van der Waals surface area contributed by atoms with Gasteiger partial charge in [-0.3, -0.25) is 0 Å². The maximum atomic E-state index is 13.5. The molecule has 1 fully saturated rings. The number of halogens is 2. The predicted molar refractivity (Wildman–Crippen MR) is 81.0 cm³/mol. The third kappa shape index (κ3) is 2.50. The molecule has 1 saturated carbocycles. The first kappa shape index (κ1) is 13.7. The Labute approximate surface area is 129 Å². The van der Waals surface area contributed by atoms with E-state index in [0.29, 0.717) is 16.4 Å². The van der Waals surface area contributed by atoms with Crippen LogP contribution in [0.15, 0.2) is 22.7 Å². The molecule has 104 valence electrons. The van der Waals surface area contributed by atoms with Crippen molar-refractivity contribution in [3.05, 3.63) is 38.8 Å². The molecule has 0 bridgehead atoms. The minimum atomic E-state index is -0.394.